The van der Waals surface area contributed by atoms with Crippen LogP contribution >= 0.6 is 0 Å². The first-order valence-corrected chi connectivity index (χ1v) is 10.8. The highest BCUT2D eigenvalue weighted by atomic mass is 32.2. The molecular formula is C19H24N2O6S. The number of hydrogen-bond acceptors (Lipinski definition) is 7. The summed E-state index contributed by atoms with van der Waals surface area (Å²) in [6.45, 7) is 5.31. The van der Waals surface area contributed by atoms with E-state index in [-0.39, 0.29) is 16.3 Å². The van der Waals surface area contributed by atoms with E-state index in [2.05, 4.69) is 10.5 Å². The molecule has 0 radical (unpaired) electrons. The lowest BCUT2D eigenvalue weighted by Crippen LogP contribution is -2.33. The number of aryl methyl sites for hydroxylation is 2. The van der Waals surface area contributed by atoms with E-state index in [0.29, 0.717) is 24.2 Å². The van der Waals surface area contributed by atoms with E-state index in [1.165, 1.54) is 18.2 Å². The van der Waals surface area contributed by atoms with Crippen molar-refractivity contribution in [1.29, 1.82) is 0 Å². The van der Waals surface area contributed by atoms with Crippen LogP contribution in [0.3, 0.4) is 0 Å². The zero-order valence-electron chi connectivity index (χ0n) is 16.3. The predicted octanol–water partition coefficient (Wildman–Crippen LogP) is 3.05. The summed E-state index contributed by atoms with van der Waals surface area (Å²) in [6.07, 6.45) is 1.84. The molecule has 0 aliphatic heterocycles. The van der Waals surface area contributed by atoms with Gasteiger partial charge in [0.1, 0.15) is 5.76 Å². The number of esters is 1. The summed E-state index contributed by atoms with van der Waals surface area (Å²) < 4.78 is 33.9. The summed E-state index contributed by atoms with van der Waals surface area (Å²) in [6, 6.07) is 5.78. The number of hydrogen-bond donors (Lipinski definition) is 1. The number of aromatic nitrogens is 1. The smallest absolute Gasteiger partial charge is 0.339 e. The predicted molar refractivity (Wildman–Crippen MR) is 103 cm³/mol. The first-order chi connectivity index (χ1) is 13.1. The van der Waals surface area contributed by atoms with Crippen LogP contribution in [0.5, 0.6) is 0 Å². The summed E-state index contributed by atoms with van der Waals surface area (Å²) in [5.41, 5.74) is 0.661. The van der Waals surface area contributed by atoms with Crippen molar-refractivity contribution in [2.24, 2.45) is 0 Å². The molecule has 1 atom stereocenters. The largest absolute Gasteiger partial charge is 0.449 e. The number of benzene rings is 1. The SMILES string of the molecule is CCCC[C@H](OC(=O)c1cc(S(C)(=O)=O)ccc1C)C(=O)Nc1cc(C)on1. The molecule has 0 saturated carbocycles. The van der Waals surface area contributed by atoms with E-state index >= 15 is 0 Å². The number of nitrogens with one attached hydrogen (secondary N) is 1. The third-order valence-electron chi connectivity index (χ3n) is 4.10. The second-order valence-corrected chi connectivity index (χ2v) is 8.61. The topological polar surface area (TPSA) is 116 Å². The second kappa shape index (κ2) is 9.01. The number of carbonyl (C=O) groups is 2. The van der Waals surface area contributed by atoms with Gasteiger partial charge in [-0.05, 0) is 44.4 Å². The molecule has 28 heavy (non-hydrogen) atoms. The first-order valence-electron chi connectivity index (χ1n) is 8.87. The molecule has 0 aliphatic carbocycles. The molecule has 0 saturated heterocycles. The van der Waals surface area contributed by atoms with E-state index in [0.717, 1.165) is 12.7 Å². The number of unbranched alkanes of at least 4 members (excludes halogenated alkanes) is 1. The van der Waals surface area contributed by atoms with Gasteiger partial charge in [-0.25, -0.2) is 13.2 Å². The molecule has 1 amide bonds. The maximum atomic E-state index is 12.6. The molecule has 1 N–H and O–H groups in total. The molecular weight excluding hydrogens is 384 g/mol. The summed E-state index contributed by atoms with van der Waals surface area (Å²) in [7, 11) is -3.48. The Hall–Kier alpha value is -2.68. The van der Waals surface area contributed by atoms with Crippen LogP contribution in [-0.4, -0.2) is 37.8 Å². The summed E-state index contributed by atoms with van der Waals surface area (Å²) >= 11 is 0. The molecule has 1 aromatic carbocycles. The molecule has 0 unspecified atom stereocenters. The van der Waals surface area contributed by atoms with Crippen molar-refractivity contribution in [3.8, 4) is 0 Å². The van der Waals surface area contributed by atoms with E-state index in [1.807, 2.05) is 6.92 Å². The molecule has 1 aromatic heterocycles. The number of rotatable bonds is 8. The second-order valence-electron chi connectivity index (χ2n) is 6.60. The molecule has 1 heterocycles. The van der Waals surface area contributed by atoms with Crippen LogP contribution in [0, 0.1) is 13.8 Å². The lowest BCUT2D eigenvalue weighted by molar-refractivity contribution is -0.125. The minimum Gasteiger partial charge on any atom is -0.449 e. The monoisotopic (exact) mass is 408 g/mol. The van der Waals surface area contributed by atoms with Crippen LogP contribution < -0.4 is 5.32 Å². The molecule has 0 fully saturated rings. The molecule has 2 aromatic rings. The highest BCUT2D eigenvalue weighted by Crippen LogP contribution is 2.19. The molecule has 0 bridgehead atoms. The van der Waals surface area contributed by atoms with Gasteiger partial charge in [-0.2, -0.15) is 0 Å². The normalized spacial score (nSPS) is 12.4. The van der Waals surface area contributed by atoms with Crippen molar-refractivity contribution in [2.45, 2.75) is 51.0 Å². The Balaban J connectivity index is 2.21. The average Bonchev–Trinajstić information content (AvgIpc) is 3.02. The lowest BCUT2D eigenvalue weighted by atomic mass is 10.1. The van der Waals surface area contributed by atoms with Crippen molar-refractivity contribution >= 4 is 27.5 Å². The van der Waals surface area contributed by atoms with Gasteiger partial charge in [0.2, 0.25) is 0 Å². The number of amides is 1. The van der Waals surface area contributed by atoms with E-state index < -0.39 is 27.8 Å². The third kappa shape index (κ3) is 5.66. The number of sulfone groups is 1. The Morgan fingerprint density at radius 1 is 1.25 bits per heavy atom. The van der Waals surface area contributed by atoms with E-state index in [1.54, 1.807) is 19.9 Å². The van der Waals surface area contributed by atoms with Crippen LogP contribution in [0.2, 0.25) is 0 Å². The van der Waals surface area contributed by atoms with Gasteiger partial charge in [-0.3, -0.25) is 4.79 Å². The van der Waals surface area contributed by atoms with Crippen LogP contribution in [0.1, 0.15) is 47.9 Å². The standard InChI is InChI=1S/C19H24N2O6S/c1-5-6-7-16(18(22)20-17-10-13(3)27-21-17)26-19(23)15-11-14(28(4,24)25)9-8-12(15)2/h8-11,16H,5-7H2,1-4H3,(H,20,21,22)/t16-/m0/s1. The van der Waals surface area contributed by atoms with Crippen molar-refractivity contribution in [3.63, 3.8) is 0 Å². The van der Waals surface area contributed by atoms with Gasteiger partial charge in [-0.15, -0.1) is 0 Å². The van der Waals surface area contributed by atoms with Gasteiger partial charge < -0.3 is 14.6 Å². The maximum absolute atomic E-state index is 12.6. The molecule has 2 rings (SSSR count). The zero-order chi connectivity index (χ0) is 20.9. The van der Waals surface area contributed by atoms with Crippen LogP contribution in [0.4, 0.5) is 5.82 Å². The number of carbonyl (C=O) groups excluding carboxylic acids is 2. The quantitative estimate of drug-likeness (QED) is 0.667. The van der Waals surface area contributed by atoms with Gasteiger partial charge >= 0.3 is 5.97 Å². The summed E-state index contributed by atoms with van der Waals surface area (Å²) in [4.78, 5) is 25.2. The minimum atomic E-state index is -3.48. The lowest BCUT2D eigenvalue weighted by Gasteiger charge is -2.17. The number of ether oxygens (including phenoxy) is 1. The highest BCUT2D eigenvalue weighted by molar-refractivity contribution is 7.90. The van der Waals surface area contributed by atoms with E-state index in [4.69, 9.17) is 9.26 Å². The fraction of sp³-hybridized carbons (Fsp3) is 0.421. The van der Waals surface area contributed by atoms with Crippen molar-refractivity contribution in [2.75, 3.05) is 11.6 Å². The van der Waals surface area contributed by atoms with Gasteiger partial charge in [0, 0.05) is 12.3 Å². The summed E-state index contributed by atoms with van der Waals surface area (Å²) in [5.74, 6) is -0.511. The summed E-state index contributed by atoms with van der Waals surface area (Å²) in [5, 5.41) is 6.26. The Morgan fingerprint density at radius 3 is 2.54 bits per heavy atom. The zero-order valence-corrected chi connectivity index (χ0v) is 17.1. The Kier molecular flexibility index (Phi) is 6.95. The molecule has 152 valence electrons. The molecule has 0 aliphatic rings. The fourth-order valence-corrected chi connectivity index (χ4v) is 3.16. The Labute approximate surface area is 164 Å². The number of nitrogens with zero attached hydrogens (tertiary/aromatic N) is 1. The van der Waals surface area contributed by atoms with Gasteiger partial charge in [0.15, 0.2) is 21.8 Å². The van der Waals surface area contributed by atoms with Crippen molar-refractivity contribution in [1.82, 2.24) is 5.16 Å². The molecule has 0 spiro atoms. The van der Waals surface area contributed by atoms with Crippen molar-refractivity contribution in [3.05, 3.63) is 41.2 Å². The van der Waals surface area contributed by atoms with Gasteiger partial charge in [0.25, 0.3) is 5.91 Å². The first kappa shape index (κ1) is 21.6. The maximum Gasteiger partial charge on any atom is 0.339 e. The highest BCUT2D eigenvalue weighted by Gasteiger charge is 2.25. The fourth-order valence-electron chi connectivity index (χ4n) is 2.51. The van der Waals surface area contributed by atoms with Gasteiger partial charge in [-0.1, -0.05) is 24.6 Å². The number of anilines is 1. The van der Waals surface area contributed by atoms with Crippen LogP contribution in [0.25, 0.3) is 0 Å². The van der Waals surface area contributed by atoms with Crippen LogP contribution in [0.15, 0.2) is 33.7 Å². The Bertz CT molecular complexity index is 965. The third-order valence-corrected chi connectivity index (χ3v) is 5.21. The van der Waals surface area contributed by atoms with Gasteiger partial charge in [0.05, 0.1) is 10.5 Å². The van der Waals surface area contributed by atoms with Crippen LogP contribution in [-0.2, 0) is 19.4 Å². The minimum absolute atomic E-state index is 0.0117. The van der Waals surface area contributed by atoms with E-state index in [9.17, 15) is 18.0 Å². The molecule has 9 heteroatoms. The molecule has 8 nitrogen and oxygen atoms in total. The Morgan fingerprint density at radius 2 is 1.96 bits per heavy atom. The average molecular weight is 408 g/mol. The van der Waals surface area contributed by atoms with Crippen molar-refractivity contribution < 1.29 is 27.3 Å².